The highest BCUT2D eigenvalue weighted by molar-refractivity contribution is 6.29. The molecule has 2 unspecified atom stereocenters. The van der Waals surface area contributed by atoms with Crippen molar-refractivity contribution in [2.45, 2.75) is 31.9 Å². The minimum absolute atomic E-state index is 0.0983. The van der Waals surface area contributed by atoms with Gasteiger partial charge in [-0.15, -0.1) is 0 Å². The maximum Gasteiger partial charge on any atom is 0.387 e. The predicted molar refractivity (Wildman–Crippen MR) is 107 cm³/mol. The summed E-state index contributed by atoms with van der Waals surface area (Å²) in [5.74, 6) is -4.60. The first-order valence-corrected chi connectivity index (χ1v) is 9.43. The van der Waals surface area contributed by atoms with Crippen molar-refractivity contribution in [1.29, 1.82) is 0 Å². The normalized spacial score (nSPS) is 19.6. The van der Waals surface area contributed by atoms with Gasteiger partial charge in [0.15, 0.2) is 0 Å². The zero-order chi connectivity index (χ0) is 23.1. The predicted octanol–water partition coefficient (Wildman–Crippen LogP) is 4.05. The number of rotatable bonds is 7. The first kappa shape index (κ1) is 24.3. The van der Waals surface area contributed by atoms with Crippen LogP contribution in [-0.2, 0) is 4.79 Å². The molecule has 2 rings (SSSR count). The van der Waals surface area contributed by atoms with Crippen LogP contribution in [-0.4, -0.2) is 31.1 Å². The van der Waals surface area contributed by atoms with Gasteiger partial charge in [-0.25, -0.2) is 13.6 Å². The van der Waals surface area contributed by atoms with Gasteiger partial charge < -0.3 is 20.7 Å². The number of ether oxygens (including phenoxy) is 1. The number of urea groups is 1. The molecule has 0 radical (unpaired) electrons. The minimum atomic E-state index is -3.26. The Bertz CT molecular complexity index is 894. The maximum atomic E-state index is 14.6. The average Bonchev–Trinajstić information content (AvgIpc) is 2.66. The second-order valence-corrected chi connectivity index (χ2v) is 7.17. The van der Waals surface area contributed by atoms with Crippen LogP contribution in [0.2, 0.25) is 0 Å². The largest absolute Gasteiger partial charge is 0.435 e. The molecule has 168 valence electrons. The maximum absolute atomic E-state index is 14.6. The van der Waals surface area contributed by atoms with Gasteiger partial charge in [-0.2, -0.15) is 8.78 Å². The van der Waals surface area contributed by atoms with Crippen LogP contribution in [0.1, 0.15) is 24.8 Å². The Kier molecular flexibility index (Phi) is 8.49. The van der Waals surface area contributed by atoms with Crippen molar-refractivity contribution in [3.63, 3.8) is 0 Å². The zero-order valence-electron chi connectivity index (χ0n) is 16.4. The molecule has 1 saturated heterocycles. The number of carbonyl (C=O) groups excluding carboxylic acids is 2. The molecule has 0 aliphatic carbocycles. The van der Waals surface area contributed by atoms with E-state index in [-0.39, 0.29) is 13.0 Å². The highest BCUT2D eigenvalue weighted by Crippen LogP contribution is 2.33. The third kappa shape index (κ3) is 7.02. The molecule has 11 heteroatoms. The van der Waals surface area contributed by atoms with Crippen LogP contribution in [0.3, 0.4) is 0 Å². The fraction of sp³-hybridized carbons (Fsp3) is 0.300. The van der Waals surface area contributed by atoms with Gasteiger partial charge in [-0.1, -0.05) is 18.2 Å². The smallest absolute Gasteiger partial charge is 0.387 e. The first-order chi connectivity index (χ1) is 14.6. The number of carbonyl (C=O) groups is 2. The van der Waals surface area contributed by atoms with Gasteiger partial charge in [-0.05, 0) is 25.2 Å². The van der Waals surface area contributed by atoms with Gasteiger partial charge >= 0.3 is 12.6 Å². The van der Waals surface area contributed by atoms with Gasteiger partial charge in [0.1, 0.15) is 17.4 Å². The highest BCUT2D eigenvalue weighted by Gasteiger charge is 2.35. The molecule has 0 saturated carbocycles. The van der Waals surface area contributed by atoms with Crippen molar-refractivity contribution in [2.24, 2.45) is 0 Å². The van der Waals surface area contributed by atoms with E-state index in [9.17, 15) is 27.2 Å². The van der Waals surface area contributed by atoms with Crippen molar-refractivity contribution in [2.75, 3.05) is 6.54 Å². The van der Waals surface area contributed by atoms with Crippen LogP contribution in [0.4, 0.5) is 22.4 Å². The van der Waals surface area contributed by atoms with E-state index in [4.69, 9.17) is 11.6 Å². The van der Waals surface area contributed by atoms with Crippen LogP contribution in [0.25, 0.3) is 0 Å². The number of allylic oxidation sites excluding steroid dienone is 4. The number of benzene rings is 1. The molecule has 0 bridgehead atoms. The summed E-state index contributed by atoms with van der Waals surface area (Å²) in [6, 6.07) is -0.391. The number of piperidine rings is 1. The highest BCUT2D eigenvalue weighted by atomic mass is 35.5. The van der Waals surface area contributed by atoms with Gasteiger partial charge in [-0.3, -0.25) is 4.79 Å². The lowest BCUT2D eigenvalue weighted by molar-refractivity contribution is -0.123. The molecule has 1 aliphatic rings. The van der Waals surface area contributed by atoms with Crippen molar-refractivity contribution >= 4 is 23.5 Å². The van der Waals surface area contributed by atoms with Crippen LogP contribution in [0.5, 0.6) is 5.75 Å². The summed E-state index contributed by atoms with van der Waals surface area (Å²) in [5.41, 5.74) is -0.207. The second kappa shape index (κ2) is 10.9. The molecule has 1 aromatic rings. The molecule has 31 heavy (non-hydrogen) atoms. The van der Waals surface area contributed by atoms with E-state index >= 15 is 0 Å². The molecular weight excluding hydrogens is 442 g/mol. The average molecular weight is 462 g/mol. The lowest BCUT2D eigenvalue weighted by atomic mass is 9.85. The van der Waals surface area contributed by atoms with E-state index < -0.39 is 53.5 Å². The number of halogens is 5. The molecule has 1 aliphatic heterocycles. The molecule has 1 aromatic carbocycles. The van der Waals surface area contributed by atoms with Crippen molar-refractivity contribution in [3.05, 3.63) is 64.9 Å². The van der Waals surface area contributed by atoms with Gasteiger partial charge in [0.05, 0.1) is 6.04 Å². The van der Waals surface area contributed by atoms with E-state index in [2.05, 4.69) is 27.3 Å². The first-order valence-electron chi connectivity index (χ1n) is 9.05. The number of nitrogens with one attached hydrogen (secondary N) is 3. The summed E-state index contributed by atoms with van der Waals surface area (Å²) in [4.78, 5) is 24.2. The van der Waals surface area contributed by atoms with Crippen molar-refractivity contribution in [1.82, 2.24) is 16.0 Å². The molecule has 2 atom stereocenters. The van der Waals surface area contributed by atoms with Crippen LogP contribution >= 0.6 is 11.6 Å². The topological polar surface area (TPSA) is 79.5 Å². The molecule has 6 nitrogen and oxygen atoms in total. The van der Waals surface area contributed by atoms with Crippen molar-refractivity contribution in [3.8, 4) is 5.75 Å². The lowest BCUT2D eigenvalue weighted by Crippen LogP contribution is -2.54. The Balaban J connectivity index is 2.25. The second-order valence-electron chi connectivity index (χ2n) is 6.58. The summed E-state index contributed by atoms with van der Waals surface area (Å²) in [6.07, 6.45) is 4.05. The minimum Gasteiger partial charge on any atom is -0.435 e. The van der Waals surface area contributed by atoms with Gasteiger partial charge in [0.25, 0.3) is 0 Å². The Morgan fingerprint density at radius 3 is 2.52 bits per heavy atom. The quantitative estimate of drug-likeness (QED) is 0.423. The molecule has 3 N–H and O–H groups in total. The standard InChI is InChI=1S/C20H20ClF4N3O3/c1-3-11(5-4-10(2)21)27-20(30)28-16-9-26-17(29)8-13(16)18-14(22)6-12(7-15(18)23)31-19(24)25/h3-7,13,16,19H,1,8-9H2,2H3,(H,26,29)(H2,27,28,30)/b10-4+,11-5+. The molecule has 0 spiro atoms. The van der Waals surface area contributed by atoms with E-state index in [0.29, 0.717) is 22.9 Å². The van der Waals surface area contributed by atoms with Gasteiger partial charge in [0.2, 0.25) is 5.91 Å². The summed E-state index contributed by atoms with van der Waals surface area (Å²) >= 11 is 5.73. The van der Waals surface area contributed by atoms with Gasteiger partial charge in [0, 0.05) is 47.3 Å². The zero-order valence-corrected chi connectivity index (χ0v) is 17.1. The monoisotopic (exact) mass is 461 g/mol. The molecule has 1 fully saturated rings. The summed E-state index contributed by atoms with van der Waals surface area (Å²) in [5, 5.41) is 8.02. The molecule has 1 heterocycles. The molecular formula is C20H20ClF4N3O3. The Hall–Kier alpha value is -3.01. The van der Waals surface area contributed by atoms with E-state index in [1.165, 1.54) is 18.2 Å². The van der Waals surface area contributed by atoms with Crippen LogP contribution in [0, 0.1) is 11.6 Å². The van der Waals surface area contributed by atoms with Crippen LogP contribution < -0.4 is 20.7 Å². The lowest BCUT2D eigenvalue weighted by Gasteiger charge is -2.33. The summed E-state index contributed by atoms with van der Waals surface area (Å²) < 4.78 is 57.8. The Labute approximate surface area is 181 Å². The number of alkyl halides is 2. The third-order valence-electron chi connectivity index (χ3n) is 4.35. The number of amides is 3. The third-order valence-corrected chi connectivity index (χ3v) is 4.47. The van der Waals surface area contributed by atoms with E-state index in [0.717, 1.165) is 0 Å². The molecule has 0 aromatic heterocycles. The summed E-state index contributed by atoms with van der Waals surface area (Å²) in [7, 11) is 0. The Morgan fingerprint density at radius 2 is 1.97 bits per heavy atom. The fourth-order valence-corrected chi connectivity index (χ4v) is 3.09. The van der Waals surface area contributed by atoms with Crippen molar-refractivity contribution < 1.29 is 31.9 Å². The number of hydrogen-bond donors (Lipinski definition) is 3. The Morgan fingerprint density at radius 1 is 1.32 bits per heavy atom. The number of hydrogen-bond acceptors (Lipinski definition) is 3. The van der Waals surface area contributed by atoms with E-state index in [1.54, 1.807) is 6.92 Å². The van der Waals surface area contributed by atoms with Crippen LogP contribution in [0.15, 0.2) is 47.7 Å². The summed E-state index contributed by atoms with van der Waals surface area (Å²) in [6.45, 7) is 1.84. The van der Waals surface area contributed by atoms with E-state index in [1.807, 2.05) is 0 Å². The SMILES string of the molecule is C=C/C(=C\C=C(/C)Cl)NC(=O)NC1CNC(=O)CC1c1c(F)cc(OC(F)F)cc1F. The fourth-order valence-electron chi connectivity index (χ4n) is 3.02. The molecule has 3 amide bonds.